The molecule has 0 saturated heterocycles. The number of carbonyl (C=O) groups excluding carboxylic acids is 1. The van der Waals surface area contributed by atoms with Gasteiger partial charge in [-0.05, 0) is 43.7 Å². The van der Waals surface area contributed by atoms with E-state index in [1.165, 1.54) is 0 Å². The van der Waals surface area contributed by atoms with Crippen LogP contribution in [-0.4, -0.2) is 22.8 Å². The van der Waals surface area contributed by atoms with Gasteiger partial charge in [0.15, 0.2) is 0 Å². The number of nitrogens with one attached hydrogen (secondary N) is 1. The minimum Gasteiger partial charge on any atom is -0.497 e. The zero-order chi connectivity index (χ0) is 18.0. The van der Waals surface area contributed by atoms with Crippen LogP contribution >= 0.6 is 0 Å². The number of benzene rings is 2. The Morgan fingerprint density at radius 2 is 1.92 bits per heavy atom. The van der Waals surface area contributed by atoms with Gasteiger partial charge < -0.3 is 10.1 Å². The van der Waals surface area contributed by atoms with E-state index in [1.54, 1.807) is 24.9 Å². The maximum atomic E-state index is 12.6. The summed E-state index contributed by atoms with van der Waals surface area (Å²) in [5, 5.41) is 7.41. The van der Waals surface area contributed by atoms with E-state index in [0.717, 1.165) is 33.8 Å². The van der Waals surface area contributed by atoms with E-state index in [2.05, 4.69) is 10.4 Å². The first-order valence-corrected chi connectivity index (χ1v) is 8.05. The minimum absolute atomic E-state index is 0.184. The van der Waals surface area contributed by atoms with Crippen LogP contribution in [0.3, 0.4) is 0 Å². The highest BCUT2D eigenvalue weighted by Gasteiger charge is 2.15. The van der Waals surface area contributed by atoms with Crippen molar-refractivity contribution >= 4 is 11.6 Å². The van der Waals surface area contributed by atoms with Crippen molar-refractivity contribution in [1.29, 1.82) is 0 Å². The molecule has 1 N–H and O–H groups in total. The summed E-state index contributed by atoms with van der Waals surface area (Å²) in [5.41, 5.74) is 5.13. The van der Waals surface area contributed by atoms with Gasteiger partial charge in [-0.25, -0.2) is 0 Å². The van der Waals surface area contributed by atoms with Crippen molar-refractivity contribution in [1.82, 2.24) is 9.78 Å². The third-order valence-electron chi connectivity index (χ3n) is 4.11. The maximum absolute atomic E-state index is 12.6. The Bertz CT molecular complexity index is 928. The van der Waals surface area contributed by atoms with E-state index in [4.69, 9.17) is 4.74 Å². The zero-order valence-corrected chi connectivity index (χ0v) is 14.8. The number of aryl methyl sites for hydroxylation is 3. The van der Waals surface area contributed by atoms with E-state index in [0.29, 0.717) is 5.69 Å². The second-order valence-electron chi connectivity index (χ2n) is 6.04. The third-order valence-corrected chi connectivity index (χ3v) is 4.11. The van der Waals surface area contributed by atoms with Crippen LogP contribution in [0.2, 0.25) is 0 Å². The lowest BCUT2D eigenvalue weighted by molar-refractivity contribution is 0.101. The zero-order valence-electron chi connectivity index (χ0n) is 14.8. The molecule has 1 aromatic heterocycles. The molecule has 0 saturated carbocycles. The minimum atomic E-state index is -0.184. The number of hydrogen-bond acceptors (Lipinski definition) is 3. The summed E-state index contributed by atoms with van der Waals surface area (Å²) in [7, 11) is 3.39. The summed E-state index contributed by atoms with van der Waals surface area (Å²) >= 11 is 0. The Balaban J connectivity index is 1.87. The molecule has 25 heavy (non-hydrogen) atoms. The largest absolute Gasteiger partial charge is 0.497 e. The molecular weight excluding hydrogens is 314 g/mol. The molecule has 128 valence electrons. The van der Waals surface area contributed by atoms with Crippen LogP contribution in [-0.2, 0) is 7.05 Å². The van der Waals surface area contributed by atoms with Gasteiger partial charge in [-0.2, -0.15) is 5.10 Å². The fraction of sp³-hybridized carbons (Fsp3) is 0.200. The first kappa shape index (κ1) is 16.8. The number of ether oxygens (including phenoxy) is 1. The van der Waals surface area contributed by atoms with Gasteiger partial charge >= 0.3 is 0 Å². The number of rotatable bonds is 4. The van der Waals surface area contributed by atoms with E-state index >= 15 is 0 Å². The van der Waals surface area contributed by atoms with Gasteiger partial charge in [-0.3, -0.25) is 9.48 Å². The molecule has 3 rings (SSSR count). The molecule has 0 spiro atoms. The van der Waals surface area contributed by atoms with Gasteiger partial charge in [-0.15, -0.1) is 0 Å². The fourth-order valence-electron chi connectivity index (χ4n) is 2.74. The number of carbonyl (C=O) groups is 1. The SMILES string of the molecule is COc1cccc(-c2cc(C(=O)Nc3ccc(C)cc3C)n(C)n2)c1. The highest BCUT2D eigenvalue weighted by Crippen LogP contribution is 2.24. The van der Waals surface area contributed by atoms with Crippen molar-refractivity contribution in [2.45, 2.75) is 13.8 Å². The molecule has 5 heteroatoms. The second kappa shape index (κ2) is 6.81. The number of anilines is 1. The van der Waals surface area contributed by atoms with Gasteiger partial charge in [0.25, 0.3) is 5.91 Å². The quantitative estimate of drug-likeness (QED) is 0.785. The molecule has 0 atom stereocenters. The van der Waals surface area contributed by atoms with Gasteiger partial charge in [0.1, 0.15) is 11.4 Å². The fourth-order valence-corrected chi connectivity index (χ4v) is 2.74. The average molecular weight is 335 g/mol. The monoisotopic (exact) mass is 335 g/mol. The lowest BCUT2D eigenvalue weighted by atomic mass is 10.1. The Morgan fingerprint density at radius 1 is 1.12 bits per heavy atom. The van der Waals surface area contributed by atoms with Gasteiger partial charge in [0.05, 0.1) is 12.8 Å². The topological polar surface area (TPSA) is 56.1 Å². The molecule has 3 aromatic rings. The molecule has 0 fully saturated rings. The lowest BCUT2D eigenvalue weighted by Crippen LogP contribution is -2.16. The predicted molar refractivity (Wildman–Crippen MR) is 99.1 cm³/mol. The van der Waals surface area contributed by atoms with Crippen molar-refractivity contribution in [2.24, 2.45) is 7.05 Å². The molecule has 5 nitrogen and oxygen atoms in total. The van der Waals surface area contributed by atoms with Crippen molar-refractivity contribution in [3.05, 3.63) is 65.4 Å². The van der Waals surface area contributed by atoms with Crippen LogP contribution in [0.5, 0.6) is 5.75 Å². The third kappa shape index (κ3) is 3.55. The Kier molecular flexibility index (Phi) is 4.57. The number of nitrogens with zero attached hydrogens (tertiary/aromatic N) is 2. The Hall–Kier alpha value is -3.08. The lowest BCUT2D eigenvalue weighted by Gasteiger charge is -2.09. The molecule has 0 bridgehead atoms. The highest BCUT2D eigenvalue weighted by atomic mass is 16.5. The van der Waals surface area contributed by atoms with Gasteiger partial charge in [0, 0.05) is 18.3 Å². The Morgan fingerprint density at radius 3 is 2.64 bits per heavy atom. The van der Waals surface area contributed by atoms with Gasteiger partial charge in [0.2, 0.25) is 0 Å². The number of amides is 1. The van der Waals surface area contributed by atoms with Crippen LogP contribution < -0.4 is 10.1 Å². The van der Waals surface area contributed by atoms with Crippen molar-refractivity contribution < 1.29 is 9.53 Å². The van der Waals surface area contributed by atoms with Crippen LogP contribution in [0.25, 0.3) is 11.3 Å². The number of methoxy groups -OCH3 is 1. The highest BCUT2D eigenvalue weighted by molar-refractivity contribution is 6.04. The van der Waals surface area contributed by atoms with Gasteiger partial charge in [-0.1, -0.05) is 29.8 Å². The van der Waals surface area contributed by atoms with E-state index in [9.17, 15) is 4.79 Å². The van der Waals surface area contributed by atoms with Crippen LogP contribution in [0.1, 0.15) is 21.6 Å². The first-order valence-electron chi connectivity index (χ1n) is 8.05. The van der Waals surface area contributed by atoms with Crippen LogP contribution in [0.4, 0.5) is 5.69 Å². The summed E-state index contributed by atoms with van der Waals surface area (Å²) in [6.45, 7) is 4.01. The molecular formula is C20H21N3O2. The smallest absolute Gasteiger partial charge is 0.273 e. The van der Waals surface area contributed by atoms with Crippen molar-refractivity contribution in [3.8, 4) is 17.0 Å². The molecule has 0 radical (unpaired) electrons. The first-order chi connectivity index (χ1) is 12.0. The molecule has 1 heterocycles. The summed E-state index contributed by atoms with van der Waals surface area (Å²) in [5.74, 6) is 0.570. The predicted octanol–water partition coefficient (Wildman–Crippen LogP) is 3.96. The van der Waals surface area contributed by atoms with Crippen molar-refractivity contribution in [3.63, 3.8) is 0 Å². The maximum Gasteiger partial charge on any atom is 0.273 e. The number of aromatic nitrogens is 2. The molecule has 2 aromatic carbocycles. The summed E-state index contributed by atoms with van der Waals surface area (Å²) in [6.07, 6.45) is 0. The second-order valence-corrected chi connectivity index (χ2v) is 6.04. The van der Waals surface area contributed by atoms with E-state index in [-0.39, 0.29) is 5.91 Å². The van der Waals surface area contributed by atoms with E-state index in [1.807, 2.05) is 56.3 Å². The van der Waals surface area contributed by atoms with Crippen LogP contribution in [0, 0.1) is 13.8 Å². The van der Waals surface area contributed by atoms with Crippen LogP contribution in [0.15, 0.2) is 48.5 Å². The molecule has 0 aliphatic heterocycles. The molecule has 0 unspecified atom stereocenters. The summed E-state index contributed by atoms with van der Waals surface area (Å²) in [4.78, 5) is 12.6. The average Bonchev–Trinajstić information content (AvgIpc) is 2.99. The van der Waals surface area contributed by atoms with Crippen molar-refractivity contribution in [2.75, 3.05) is 12.4 Å². The Labute approximate surface area is 147 Å². The molecule has 0 aliphatic carbocycles. The standard InChI is InChI=1S/C20H21N3O2/c1-13-8-9-17(14(2)10-13)21-20(24)19-12-18(22-23(19)3)15-6-5-7-16(11-15)25-4/h5-12H,1-4H3,(H,21,24). The number of hydrogen-bond donors (Lipinski definition) is 1. The summed E-state index contributed by atoms with van der Waals surface area (Å²) < 4.78 is 6.84. The molecule has 1 amide bonds. The normalized spacial score (nSPS) is 10.6. The van der Waals surface area contributed by atoms with E-state index < -0.39 is 0 Å². The summed E-state index contributed by atoms with van der Waals surface area (Å²) in [6, 6.07) is 15.3. The molecule has 0 aliphatic rings.